The summed E-state index contributed by atoms with van der Waals surface area (Å²) < 4.78 is 5.83. The Bertz CT molecular complexity index is 469. The molecule has 0 N–H and O–H groups in total. The van der Waals surface area contributed by atoms with Crippen LogP contribution in [0.3, 0.4) is 0 Å². The Morgan fingerprint density at radius 2 is 2.19 bits per heavy atom. The number of hydrogen-bond acceptors (Lipinski definition) is 3. The monoisotopic (exact) mass is 216 g/mol. The molecule has 0 bridgehead atoms. The van der Waals surface area contributed by atoms with Crippen molar-refractivity contribution in [2.45, 2.75) is 6.42 Å². The first-order valence-corrected chi connectivity index (χ1v) is 4.95. The molecule has 0 amide bonds. The van der Waals surface area contributed by atoms with E-state index in [2.05, 4.69) is 4.98 Å². The zero-order chi connectivity index (χ0) is 11.4. The van der Waals surface area contributed by atoms with Gasteiger partial charge in [-0.05, 0) is 5.56 Å². The molecule has 4 nitrogen and oxygen atoms in total. The standard InChI is InChI=1S/C12H12N2O2/c1-16-12-6-5-10(9-13-12)8-11-4-2-3-7-14(11)15/h2-7,9H,8H2,1H3. The number of methoxy groups -OCH3 is 1. The third-order valence-corrected chi connectivity index (χ3v) is 2.30. The predicted octanol–water partition coefficient (Wildman–Crippen LogP) is 1.31. The first-order valence-electron chi connectivity index (χ1n) is 4.95. The van der Waals surface area contributed by atoms with E-state index in [9.17, 15) is 5.21 Å². The molecule has 82 valence electrons. The van der Waals surface area contributed by atoms with Crippen molar-refractivity contribution < 1.29 is 9.47 Å². The summed E-state index contributed by atoms with van der Waals surface area (Å²) in [4.78, 5) is 4.09. The molecule has 2 heterocycles. The Balaban J connectivity index is 2.18. The first kappa shape index (κ1) is 10.4. The average molecular weight is 216 g/mol. The Hall–Kier alpha value is -2.10. The van der Waals surface area contributed by atoms with Crippen LogP contribution in [0.25, 0.3) is 0 Å². The van der Waals surface area contributed by atoms with Crippen LogP contribution < -0.4 is 9.47 Å². The maximum atomic E-state index is 11.4. The van der Waals surface area contributed by atoms with Gasteiger partial charge in [-0.15, -0.1) is 0 Å². The maximum Gasteiger partial charge on any atom is 0.212 e. The van der Waals surface area contributed by atoms with Crippen molar-refractivity contribution in [2.24, 2.45) is 0 Å². The van der Waals surface area contributed by atoms with Crippen molar-refractivity contribution in [3.63, 3.8) is 0 Å². The van der Waals surface area contributed by atoms with Crippen molar-refractivity contribution in [3.8, 4) is 5.88 Å². The lowest BCUT2D eigenvalue weighted by atomic mass is 10.1. The zero-order valence-corrected chi connectivity index (χ0v) is 8.96. The van der Waals surface area contributed by atoms with Crippen LogP contribution in [0.5, 0.6) is 5.88 Å². The second-order valence-corrected chi connectivity index (χ2v) is 3.40. The lowest BCUT2D eigenvalue weighted by Gasteiger charge is -2.04. The van der Waals surface area contributed by atoms with E-state index in [1.54, 1.807) is 31.5 Å². The second kappa shape index (κ2) is 4.61. The molecule has 2 aromatic heterocycles. The molecule has 16 heavy (non-hydrogen) atoms. The molecule has 0 saturated carbocycles. The van der Waals surface area contributed by atoms with E-state index in [4.69, 9.17) is 4.74 Å². The lowest BCUT2D eigenvalue weighted by Crippen LogP contribution is -2.30. The molecule has 2 rings (SSSR count). The fraction of sp³-hybridized carbons (Fsp3) is 0.167. The van der Waals surface area contributed by atoms with Gasteiger partial charge < -0.3 is 9.94 Å². The van der Waals surface area contributed by atoms with Gasteiger partial charge in [0.25, 0.3) is 0 Å². The van der Waals surface area contributed by atoms with Crippen molar-refractivity contribution in [2.75, 3.05) is 7.11 Å². The van der Waals surface area contributed by atoms with Gasteiger partial charge in [0.05, 0.1) is 13.5 Å². The summed E-state index contributed by atoms with van der Waals surface area (Å²) in [6.45, 7) is 0. The third-order valence-electron chi connectivity index (χ3n) is 2.30. The Morgan fingerprint density at radius 3 is 2.81 bits per heavy atom. The minimum Gasteiger partial charge on any atom is -0.618 e. The summed E-state index contributed by atoms with van der Waals surface area (Å²) in [5, 5.41) is 11.4. The fourth-order valence-electron chi connectivity index (χ4n) is 1.45. The summed E-state index contributed by atoms with van der Waals surface area (Å²) in [5.41, 5.74) is 1.69. The molecule has 0 aliphatic heterocycles. The summed E-state index contributed by atoms with van der Waals surface area (Å²) >= 11 is 0. The van der Waals surface area contributed by atoms with Gasteiger partial charge in [0.15, 0.2) is 11.9 Å². The van der Waals surface area contributed by atoms with E-state index in [0.29, 0.717) is 18.0 Å². The molecule has 0 unspecified atom stereocenters. The van der Waals surface area contributed by atoms with Crippen molar-refractivity contribution in [1.29, 1.82) is 0 Å². The smallest absolute Gasteiger partial charge is 0.212 e. The van der Waals surface area contributed by atoms with Gasteiger partial charge in [0, 0.05) is 24.4 Å². The molecule has 0 spiro atoms. The average Bonchev–Trinajstić information content (AvgIpc) is 2.33. The summed E-state index contributed by atoms with van der Waals surface area (Å²) in [7, 11) is 1.57. The van der Waals surface area contributed by atoms with E-state index in [1.165, 1.54) is 6.20 Å². The topological polar surface area (TPSA) is 49.1 Å². The summed E-state index contributed by atoms with van der Waals surface area (Å²) in [5.74, 6) is 0.576. The molecule has 0 atom stereocenters. The SMILES string of the molecule is COc1ccc(Cc2cccc[n+]2[O-])cn1. The number of hydrogen-bond donors (Lipinski definition) is 0. The van der Waals surface area contributed by atoms with Crippen LogP contribution in [0, 0.1) is 5.21 Å². The van der Waals surface area contributed by atoms with Gasteiger partial charge in [-0.1, -0.05) is 12.1 Å². The highest BCUT2D eigenvalue weighted by molar-refractivity contribution is 5.21. The maximum absolute atomic E-state index is 11.4. The Labute approximate surface area is 93.7 Å². The van der Waals surface area contributed by atoms with Crippen LogP contribution in [-0.4, -0.2) is 12.1 Å². The van der Waals surface area contributed by atoms with Crippen LogP contribution in [0.2, 0.25) is 0 Å². The van der Waals surface area contributed by atoms with Crippen LogP contribution in [0.1, 0.15) is 11.3 Å². The number of rotatable bonds is 3. The molecular formula is C12H12N2O2. The van der Waals surface area contributed by atoms with Crippen LogP contribution in [0.15, 0.2) is 42.7 Å². The summed E-state index contributed by atoms with van der Waals surface area (Å²) in [6.07, 6.45) is 3.78. The molecule has 0 radical (unpaired) electrons. The fourth-order valence-corrected chi connectivity index (χ4v) is 1.45. The van der Waals surface area contributed by atoms with Gasteiger partial charge >= 0.3 is 0 Å². The van der Waals surface area contributed by atoms with Crippen molar-refractivity contribution >= 4 is 0 Å². The highest BCUT2D eigenvalue weighted by Crippen LogP contribution is 2.09. The number of pyridine rings is 2. The quantitative estimate of drug-likeness (QED) is 0.574. The van der Waals surface area contributed by atoms with Gasteiger partial charge in [0.1, 0.15) is 0 Å². The molecular weight excluding hydrogens is 204 g/mol. The van der Waals surface area contributed by atoms with Crippen LogP contribution in [0.4, 0.5) is 0 Å². The third kappa shape index (κ3) is 2.28. The minimum atomic E-state index is 0.571. The lowest BCUT2D eigenvalue weighted by molar-refractivity contribution is -0.613. The largest absolute Gasteiger partial charge is 0.618 e. The molecule has 0 aromatic carbocycles. The van der Waals surface area contributed by atoms with Crippen molar-refractivity contribution in [1.82, 2.24) is 4.98 Å². The molecule has 0 aliphatic rings. The van der Waals surface area contributed by atoms with E-state index >= 15 is 0 Å². The normalized spacial score (nSPS) is 10.1. The first-order chi connectivity index (χ1) is 7.79. The predicted molar refractivity (Wildman–Crippen MR) is 59.0 cm³/mol. The van der Waals surface area contributed by atoms with Gasteiger partial charge in [-0.3, -0.25) is 0 Å². The molecule has 0 saturated heterocycles. The highest BCUT2D eigenvalue weighted by Gasteiger charge is 2.05. The molecule has 4 heteroatoms. The number of nitrogens with zero attached hydrogens (tertiary/aromatic N) is 2. The van der Waals surface area contributed by atoms with Gasteiger partial charge in [-0.2, -0.15) is 4.73 Å². The molecule has 2 aromatic rings. The Kier molecular flexibility index (Phi) is 3.00. The van der Waals surface area contributed by atoms with E-state index in [0.717, 1.165) is 10.3 Å². The molecule has 0 aliphatic carbocycles. The Morgan fingerprint density at radius 1 is 1.31 bits per heavy atom. The molecule has 0 fully saturated rings. The van der Waals surface area contributed by atoms with E-state index in [-0.39, 0.29) is 0 Å². The van der Waals surface area contributed by atoms with Crippen LogP contribution in [-0.2, 0) is 6.42 Å². The van der Waals surface area contributed by atoms with Gasteiger partial charge in [-0.25, -0.2) is 4.98 Å². The van der Waals surface area contributed by atoms with Crippen LogP contribution >= 0.6 is 0 Å². The highest BCUT2D eigenvalue weighted by atomic mass is 16.5. The minimum absolute atomic E-state index is 0.571. The number of aromatic nitrogens is 2. The van der Waals surface area contributed by atoms with E-state index in [1.807, 2.05) is 12.1 Å². The van der Waals surface area contributed by atoms with E-state index < -0.39 is 0 Å². The zero-order valence-electron chi connectivity index (χ0n) is 8.96. The summed E-state index contributed by atoms with van der Waals surface area (Å²) in [6, 6.07) is 9.05. The second-order valence-electron chi connectivity index (χ2n) is 3.40. The number of ether oxygens (including phenoxy) is 1. The van der Waals surface area contributed by atoms with Crippen molar-refractivity contribution in [3.05, 3.63) is 59.2 Å². The van der Waals surface area contributed by atoms with Gasteiger partial charge in [0.2, 0.25) is 5.88 Å².